The number of rotatable bonds is 13. The molecule has 0 bridgehead atoms. The number of nitrogens with zero attached hydrogens (tertiary/aromatic N) is 6. The zero-order chi connectivity index (χ0) is 58.4. The number of nitrogens with one attached hydrogen (secondary N) is 1. The molecule has 3 N–H and O–H groups in total. The standard InChI is InChI=1S/C28H23BrClF3N4O2.C22H21BrF3N3O.C6H3Cl2NO.CH4.ClH/c1-16-10-19(27(3,28(31,32)33)37-15-20(29)14-35-37)11-17(2)23(16)13-24(38)18-6-4-7-21(12-18)36-26(39)22-8-5-9-34-25(22)30;1-13-7-16(21(3,22(24,25)26)29-12-17(23)11-28-29)8-14(2)19(13)10-20(30)15-5-4-6-18(27)9-15;7-5-4(6(8)10)2-1-3-9-5;;/h4-12,14-15H,13H2,1-3H3,(H,36,39);4-9,11-12H,10,27H2,1-3H3;1-3H;1H4;1H. The third-order valence-electron chi connectivity index (χ3n) is 12.9. The van der Waals surface area contributed by atoms with E-state index in [0.29, 0.717) is 64.8 Å². The number of hydrogen-bond donors (Lipinski definition) is 2. The SMILES string of the molecule is C.Cc1cc(C(C)(n2cc(Br)cn2)C(F)(F)F)cc(C)c1CC(=O)c1cccc(N)c1.Cc1cc(C(C)(n2cc(Br)cn2)C(F)(F)F)cc(C)c1CC(=O)c1cccc(NC(=O)c2cccnc2Cl)c1.Cl.O=C(Cl)c1cccnc1Cl. The molecule has 8 aromatic rings. The van der Waals surface area contributed by atoms with E-state index in [1.54, 1.807) is 88.4 Å². The van der Waals surface area contributed by atoms with Crippen LogP contribution < -0.4 is 11.1 Å². The van der Waals surface area contributed by atoms with Crippen molar-refractivity contribution in [2.45, 2.75) is 85.2 Å². The fourth-order valence-corrected chi connectivity index (χ4v) is 9.53. The van der Waals surface area contributed by atoms with Crippen molar-refractivity contribution in [3.05, 3.63) is 220 Å². The Labute approximate surface area is 501 Å². The zero-order valence-electron chi connectivity index (χ0n) is 43.1. The molecule has 8 rings (SSSR count). The number of ketones is 2. The largest absolute Gasteiger partial charge is 0.417 e. The first kappa shape index (κ1) is 67.1. The van der Waals surface area contributed by atoms with Crippen LogP contribution in [0.5, 0.6) is 0 Å². The molecule has 0 saturated carbocycles. The van der Waals surface area contributed by atoms with E-state index in [1.165, 1.54) is 73.6 Å². The van der Waals surface area contributed by atoms with Gasteiger partial charge in [0, 0.05) is 60.1 Å². The number of aromatic nitrogens is 6. The van der Waals surface area contributed by atoms with E-state index in [9.17, 15) is 45.5 Å². The molecule has 2 unspecified atom stereocenters. The predicted molar refractivity (Wildman–Crippen MR) is 313 cm³/mol. The molecule has 1 amide bonds. The Morgan fingerprint density at radius 3 is 1.35 bits per heavy atom. The third-order valence-corrected chi connectivity index (χ3v) is 14.6. The molecule has 81 heavy (non-hydrogen) atoms. The summed E-state index contributed by atoms with van der Waals surface area (Å²) in [6, 6.07) is 25.2. The number of halogens is 12. The molecule has 4 aromatic heterocycles. The van der Waals surface area contributed by atoms with E-state index < -0.39 is 34.6 Å². The number of hydrogen-bond acceptors (Lipinski definition) is 9. The lowest BCUT2D eigenvalue weighted by molar-refractivity contribution is -0.198. The van der Waals surface area contributed by atoms with E-state index in [4.69, 9.17) is 40.5 Å². The van der Waals surface area contributed by atoms with Gasteiger partial charge in [0.25, 0.3) is 11.1 Å². The number of alkyl halides is 6. The van der Waals surface area contributed by atoms with Gasteiger partial charge in [0.2, 0.25) is 0 Å². The molecular weight excluding hydrogens is 1280 g/mol. The summed E-state index contributed by atoms with van der Waals surface area (Å²) >= 11 is 23.0. The maximum Gasteiger partial charge on any atom is 0.417 e. The number of carbonyl (C=O) groups is 4. The number of Topliss-reactive ketones (excluding diaryl/α,β-unsaturated/α-hetero) is 2. The van der Waals surface area contributed by atoms with Crippen LogP contribution in [0.2, 0.25) is 10.3 Å². The minimum atomic E-state index is -4.64. The molecule has 4 aromatic carbocycles. The van der Waals surface area contributed by atoms with Gasteiger partial charge in [0.05, 0.1) is 32.5 Å². The lowest BCUT2D eigenvalue weighted by Gasteiger charge is -2.34. The Morgan fingerprint density at radius 2 is 1.00 bits per heavy atom. The maximum absolute atomic E-state index is 14.4. The van der Waals surface area contributed by atoms with Crippen molar-refractivity contribution in [1.29, 1.82) is 0 Å². The van der Waals surface area contributed by atoms with Crippen molar-refractivity contribution in [3.8, 4) is 0 Å². The topological polar surface area (TPSA) is 168 Å². The normalized spacial score (nSPS) is 12.6. The first-order valence-electron chi connectivity index (χ1n) is 23.5. The fourth-order valence-electron chi connectivity index (χ4n) is 8.34. The first-order valence-corrected chi connectivity index (χ1v) is 26.2. The molecule has 428 valence electrons. The van der Waals surface area contributed by atoms with Gasteiger partial charge in [-0.2, -0.15) is 36.5 Å². The second-order valence-electron chi connectivity index (χ2n) is 18.3. The summed E-state index contributed by atoms with van der Waals surface area (Å²) < 4.78 is 88.3. The van der Waals surface area contributed by atoms with Gasteiger partial charge in [-0.15, -0.1) is 12.4 Å². The zero-order valence-corrected chi connectivity index (χ0v) is 49.3. The van der Waals surface area contributed by atoms with Gasteiger partial charge in [-0.3, -0.25) is 28.5 Å². The van der Waals surface area contributed by atoms with Crippen LogP contribution in [-0.4, -0.2) is 64.6 Å². The van der Waals surface area contributed by atoms with Crippen molar-refractivity contribution in [2.24, 2.45) is 0 Å². The van der Waals surface area contributed by atoms with Gasteiger partial charge in [-0.05, 0) is 178 Å². The van der Waals surface area contributed by atoms with Crippen LogP contribution >= 0.6 is 79.1 Å². The lowest BCUT2D eigenvalue weighted by atomic mass is 9.85. The number of pyridine rings is 2. The molecule has 24 heteroatoms. The Morgan fingerprint density at radius 1 is 0.605 bits per heavy atom. The summed E-state index contributed by atoms with van der Waals surface area (Å²) in [5.41, 5.74) is 6.83. The second-order valence-corrected chi connectivity index (χ2v) is 21.2. The molecule has 2 atom stereocenters. The van der Waals surface area contributed by atoms with Crippen LogP contribution in [-0.2, 0) is 23.9 Å². The fraction of sp³-hybridized carbons (Fsp3) is 0.228. The maximum atomic E-state index is 14.4. The summed E-state index contributed by atoms with van der Waals surface area (Å²) in [4.78, 5) is 56.5. The van der Waals surface area contributed by atoms with Crippen molar-refractivity contribution < 1.29 is 45.5 Å². The van der Waals surface area contributed by atoms with Crippen LogP contribution in [0, 0.1) is 27.7 Å². The van der Waals surface area contributed by atoms with Crippen molar-refractivity contribution >= 4 is 113 Å². The van der Waals surface area contributed by atoms with Crippen LogP contribution in [0.3, 0.4) is 0 Å². The van der Waals surface area contributed by atoms with Crippen molar-refractivity contribution in [3.63, 3.8) is 0 Å². The Bertz CT molecular complexity index is 3550. The number of amides is 1. The van der Waals surface area contributed by atoms with Gasteiger partial charge in [0.15, 0.2) is 22.6 Å². The molecule has 0 radical (unpaired) electrons. The van der Waals surface area contributed by atoms with Crippen LogP contribution in [0.1, 0.15) is 107 Å². The average molecular weight is 1330 g/mol. The van der Waals surface area contributed by atoms with E-state index >= 15 is 0 Å². The van der Waals surface area contributed by atoms with E-state index in [-0.39, 0.29) is 76.8 Å². The van der Waals surface area contributed by atoms with Crippen molar-refractivity contribution in [1.82, 2.24) is 29.5 Å². The minimum absolute atomic E-state index is 0. The number of nitrogen functional groups attached to an aromatic ring is 1. The second kappa shape index (κ2) is 27.6. The van der Waals surface area contributed by atoms with Crippen LogP contribution in [0.25, 0.3) is 0 Å². The van der Waals surface area contributed by atoms with Gasteiger partial charge < -0.3 is 11.1 Å². The molecule has 0 saturated heterocycles. The smallest absolute Gasteiger partial charge is 0.399 e. The Hall–Kier alpha value is -6.42. The summed E-state index contributed by atoms with van der Waals surface area (Å²) in [7, 11) is 0. The highest BCUT2D eigenvalue weighted by molar-refractivity contribution is 9.10. The van der Waals surface area contributed by atoms with Gasteiger partial charge in [0.1, 0.15) is 10.3 Å². The first-order chi connectivity index (χ1) is 37.0. The van der Waals surface area contributed by atoms with Gasteiger partial charge in [-0.25, -0.2) is 9.97 Å². The molecule has 0 fully saturated rings. The van der Waals surface area contributed by atoms with Crippen LogP contribution in [0.15, 0.2) is 143 Å². The average Bonchev–Trinajstić information content (AvgIpc) is 4.27. The highest BCUT2D eigenvalue weighted by Crippen LogP contribution is 2.45. The monoisotopic (exact) mass is 1320 g/mol. The predicted octanol–water partition coefficient (Wildman–Crippen LogP) is 16.1. The van der Waals surface area contributed by atoms with E-state index in [2.05, 4.69) is 57.3 Å². The summed E-state index contributed by atoms with van der Waals surface area (Å²) in [6.07, 6.45) is -1.01. The molecule has 12 nitrogen and oxygen atoms in total. The molecule has 0 aliphatic carbocycles. The number of anilines is 2. The Kier molecular flexibility index (Phi) is 22.8. The van der Waals surface area contributed by atoms with Crippen LogP contribution in [0.4, 0.5) is 37.7 Å². The van der Waals surface area contributed by atoms with Crippen molar-refractivity contribution in [2.75, 3.05) is 11.1 Å². The number of benzene rings is 4. The number of nitrogens with two attached hydrogens (primary N) is 1. The minimum Gasteiger partial charge on any atom is -0.399 e. The summed E-state index contributed by atoms with van der Waals surface area (Å²) in [5, 5.41) is 10.1. The lowest BCUT2D eigenvalue weighted by Crippen LogP contribution is -2.46. The molecule has 0 aliphatic rings. The highest BCUT2D eigenvalue weighted by atomic mass is 79.9. The Balaban J connectivity index is 0.000000297. The van der Waals surface area contributed by atoms with E-state index in [0.717, 1.165) is 23.2 Å². The van der Waals surface area contributed by atoms with Gasteiger partial charge in [-0.1, -0.05) is 79.2 Å². The summed E-state index contributed by atoms with van der Waals surface area (Å²) in [5.74, 6) is -0.869. The summed E-state index contributed by atoms with van der Waals surface area (Å²) in [6.45, 7) is 8.97. The molecular formula is C57H52Br2Cl4F6N8O4. The van der Waals surface area contributed by atoms with Gasteiger partial charge >= 0.3 is 12.4 Å². The quantitative estimate of drug-likeness (QED) is 0.0375. The molecule has 0 spiro atoms. The van der Waals surface area contributed by atoms with E-state index in [1.807, 2.05) is 0 Å². The third kappa shape index (κ3) is 15.6. The molecule has 4 heterocycles. The highest BCUT2D eigenvalue weighted by Gasteiger charge is 2.56. The molecule has 0 aliphatic heterocycles. The number of aryl methyl sites for hydroxylation is 4. The number of carbonyl (C=O) groups excluding carboxylic acids is 4.